The fourth-order valence-corrected chi connectivity index (χ4v) is 6.46. The number of amides is 2. The second-order valence-electron chi connectivity index (χ2n) is 9.83. The number of hydrogen-bond acceptors (Lipinski definition) is 6. The van der Waals surface area contributed by atoms with Crippen molar-refractivity contribution in [1.29, 1.82) is 5.26 Å². The lowest BCUT2D eigenvalue weighted by atomic mass is 9.97. The molecule has 1 aliphatic carbocycles. The van der Waals surface area contributed by atoms with Crippen LogP contribution in [-0.4, -0.2) is 62.9 Å². The van der Waals surface area contributed by atoms with E-state index in [0.717, 1.165) is 12.8 Å². The first kappa shape index (κ1) is 28.1. The minimum atomic E-state index is -3.88. The largest absolute Gasteiger partial charge is 0.374 e. The highest BCUT2D eigenvalue weighted by Gasteiger charge is 2.33. The molecule has 2 amide bonds. The van der Waals surface area contributed by atoms with E-state index in [1.807, 2.05) is 19.9 Å². The molecule has 0 spiro atoms. The number of hydrogen-bond donors (Lipinski definition) is 2. The van der Waals surface area contributed by atoms with Gasteiger partial charge in [0.2, 0.25) is 21.8 Å². The summed E-state index contributed by atoms with van der Waals surface area (Å²) in [6.07, 6.45) is 6.29. The quantitative estimate of drug-likeness (QED) is 0.463. The van der Waals surface area contributed by atoms with Crippen LogP contribution in [0.4, 0.5) is 0 Å². The Morgan fingerprint density at radius 2 is 1.97 bits per heavy atom. The molecule has 198 valence electrons. The summed E-state index contributed by atoms with van der Waals surface area (Å²) in [5, 5.41) is 15.1. The van der Waals surface area contributed by atoms with E-state index in [2.05, 4.69) is 10.6 Å². The van der Waals surface area contributed by atoms with E-state index >= 15 is 0 Å². The molecule has 10 heteroatoms. The number of morpholine rings is 1. The number of sulfonamides is 1. The number of carbonyl (C=O) groups excluding carboxylic acids is 2. The van der Waals surface area contributed by atoms with Crippen LogP contribution in [0.25, 0.3) is 0 Å². The topological polar surface area (TPSA) is 129 Å². The van der Waals surface area contributed by atoms with Gasteiger partial charge < -0.3 is 15.4 Å². The van der Waals surface area contributed by atoms with Gasteiger partial charge in [-0.05, 0) is 30.4 Å². The average molecular weight is 519 g/mol. The first-order valence-corrected chi connectivity index (χ1v) is 14.4. The second-order valence-corrected chi connectivity index (χ2v) is 11.7. The zero-order valence-electron chi connectivity index (χ0n) is 21.2. The highest BCUT2D eigenvalue weighted by atomic mass is 32.2. The predicted octanol–water partition coefficient (Wildman–Crippen LogP) is 2.57. The van der Waals surface area contributed by atoms with Crippen molar-refractivity contribution >= 4 is 21.8 Å². The molecule has 0 radical (unpaired) electrons. The number of rotatable bonds is 11. The minimum Gasteiger partial charge on any atom is -0.374 e. The maximum atomic E-state index is 13.1. The van der Waals surface area contributed by atoms with Crippen molar-refractivity contribution in [2.75, 3.05) is 26.2 Å². The third-order valence-corrected chi connectivity index (χ3v) is 9.22. The molecule has 1 heterocycles. The van der Waals surface area contributed by atoms with Crippen LogP contribution in [0.2, 0.25) is 0 Å². The molecule has 3 rings (SSSR count). The molecule has 0 aromatic heterocycles. The van der Waals surface area contributed by atoms with Gasteiger partial charge in [-0.2, -0.15) is 9.57 Å². The van der Waals surface area contributed by atoms with E-state index in [4.69, 9.17) is 4.74 Å². The van der Waals surface area contributed by atoms with Gasteiger partial charge in [-0.25, -0.2) is 8.42 Å². The lowest BCUT2D eigenvalue weighted by Gasteiger charge is -2.33. The Morgan fingerprint density at radius 1 is 1.25 bits per heavy atom. The van der Waals surface area contributed by atoms with Crippen LogP contribution < -0.4 is 10.6 Å². The Labute approximate surface area is 214 Å². The molecule has 2 fully saturated rings. The van der Waals surface area contributed by atoms with Crippen molar-refractivity contribution in [1.82, 2.24) is 14.9 Å². The third kappa shape index (κ3) is 7.28. The van der Waals surface area contributed by atoms with Crippen LogP contribution in [0.15, 0.2) is 29.2 Å². The van der Waals surface area contributed by atoms with Crippen LogP contribution in [-0.2, 0) is 24.3 Å². The van der Waals surface area contributed by atoms with Gasteiger partial charge in [0.05, 0.1) is 23.2 Å². The van der Waals surface area contributed by atoms with E-state index in [-0.39, 0.29) is 54.4 Å². The van der Waals surface area contributed by atoms with Crippen LogP contribution in [0.5, 0.6) is 0 Å². The van der Waals surface area contributed by atoms with Crippen molar-refractivity contribution in [3.63, 3.8) is 0 Å². The molecule has 1 saturated heterocycles. The van der Waals surface area contributed by atoms with Gasteiger partial charge in [-0.1, -0.05) is 58.1 Å². The fourth-order valence-electron chi connectivity index (χ4n) is 4.86. The lowest BCUT2D eigenvalue weighted by Crippen LogP contribution is -2.54. The molecule has 0 bridgehead atoms. The van der Waals surface area contributed by atoms with E-state index in [1.165, 1.54) is 42.1 Å². The van der Waals surface area contributed by atoms with Crippen molar-refractivity contribution < 1.29 is 22.7 Å². The van der Waals surface area contributed by atoms with Crippen molar-refractivity contribution in [2.24, 2.45) is 11.8 Å². The number of carbonyl (C=O) groups is 2. The summed E-state index contributed by atoms with van der Waals surface area (Å²) in [6, 6.07) is 7.38. The van der Waals surface area contributed by atoms with Crippen LogP contribution in [0, 0.1) is 23.2 Å². The molecular formula is C26H38N4O5S. The van der Waals surface area contributed by atoms with Gasteiger partial charge in [0, 0.05) is 26.1 Å². The van der Waals surface area contributed by atoms with E-state index in [0.29, 0.717) is 12.3 Å². The molecule has 2 unspecified atom stereocenters. The SMILES string of the molecule is CCC(C)[C@H](NC(=O)CCC1CCCC1)C(=O)NCC1CN(S(=O)(=O)c2ccccc2C#N)CCO1. The summed E-state index contributed by atoms with van der Waals surface area (Å²) >= 11 is 0. The van der Waals surface area contributed by atoms with E-state index in [9.17, 15) is 23.3 Å². The first-order valence-electron chi connectivity index (χ1n) is 12.9. The summed E-state index contributed by atoms with van der Waals surface area (Å²) in [6.45, 7) is 4.43. The molecule has 1 aromatic carbocycles. The molecule has 2 N–H and O–H groups in total. The van der Waals surface area contributed by atoms with Gasteiger partial charge in [0.15, 0.2) is 0 Å². The lowest BCUT2D eigenvalue weighted by molar-refractivity contribution is -0.131. The van der Waals surface area contributed by atoms with Crippen molar-refractivity contribution in [2.45, 2.75) is 75.8 Å². The highest BCUT2D eigenvalue weighted by Crippen LogP contribution is 2.28. The number of nitrogens with zero attached hydrogens (tertiary/aromatic N) is 2. The Bertz CT molecular complexity index is 1050. The molecule has 9 nitrogen and oxygen atoms in total. The minimum absolute atomic E-state index is 0.0330. The van der Waals surface area contributed by atoms with Crippen molar-refractivity contribution in [3.05, 3.63) is 29.8 Å². The Hall–Kier alpha value is -2.48. The monoisotopic (exact) mass is 518 g/mol. The molecule has 3 atom stereocenters. The second kappa shape index (κ2) is 13.2. The van der Waals surface area contributed by atoms with E-state index in [1.54, 1.807) is 12.1 Å². The van der Waals surface area contributed by atoms with E-state index < -0.39 is 22.2 Å². The standard InChI is InChI=1S/C26H38N4O5S/c1-3-19(2)25(29-24(31)13-12-20-8-4-5-9-20)26(32)28-17-22-18-30(14-15-35-22)36(33,34)23-11-7-6-10-21(23)16-27/h6-7,10-11,19-20,22,25H,3-5,8-9,12-15,17-18H2,1-2H3,(H,28,32)(H,29,31)/t19?,22?,25-/m0/s1. The molecule has 1 saturated carbocycles. The van der Waals surface area contributed by atoms with Crippen LogP contribution in [0.1, 0.15) is 64.4 Å². The molecule has 2 aliphatic rings. The fraction of sp³-hybridized carbons (Fsp3) is 0.654. The maximum absolute atomic E-state index is 13.1. The Balaban J connectivity index is 1.56. The highest BCUT2D eigenvalue weighted by molar-refractivity contribution is 7.89. The third-order valence-electron chi connectivity index (χ3n) is 7.30. The zero-order valence-corrected chi connectivity index (χ0v) is 22.1. The summed E-state index contributed by atoms with van der Waals surface area (Å²) < 4.78 is 33.3. The normalized spacial score (nSPS) is 20.9. The number of nitrogens with one attached hydrogen (secondary N) is 2. The summed E-state index contributed by atoms with van der Waals surface area (Å²) in [5.74, 6) is 0.156. The molecule has 36 heavy (non-hydrogen) atoms. The number of nitriles is 1. The van der Waals surface area contributed by atoms with Crippen molar-refractivity contribution in [3.8, 4) is 6.07 Å². The van der Waals surface area contributed by atoms with Gasteiger partial charge in [-0.15, -0.1) is 0 Å². The molecule has 1 aromatic rings. The zero-order chi connectivity index (χ0) is 26.1. The van der Waals surface area contributed by atoms with Gasteiger partial charge in [0.25, 0.3) is 0 Å². The number of benzene rings is 1. The summed E-state index contributed by atoms with van der Waals surface area (Å²) in [4.78, 5) is 25.6. The predicted molar refractivity (Wildman–Crippen MR) is 135 cm³/mol. The average Bonchev–Trinajstić information content (AvgIpc) is 3.42. The molecular weight excluding hydrogens is 480 g/mol. The summed E-state index contributed by atoms with van der Waals surface area (Å²) in [7, 11) is -3.88. The molecule has 1 aliphatic heterocycles. The number of ether oxygens (including phenoxy) is 1. The summed E-state index contributed by atoms with van der Waals surface area (Å²) in [5.41, 5.74) is 0.0916. The smallest absolute Gasteiger partial charge is 0.244 e. The Kier molecular flexibility index (Phi) is 10.3. The Morgan fingerprint density at radius 3 is 2.67 bits per heavy atom. The van der Waals surface area contributed by atoms with Gasteiger partial charge >= 0.3 is 0 Å². The van der Waals surface area contributed by atoms with Gasteiger partial charge in [-0.3, -0.25) is 9.59 Å². The van der Waals surface area contributed by atoms with Gasteiger partial charge in [0.1, 0.15) is 12.1 Å². The first-order chi connectivity index (χ1) is 17.3. The van der Waals surface area contributed by atoms with Crippen LogP contribution in [0.3, 0.4) is 0 Å². The van der Waals surface area contributed by atoms with Crippen LogP contribution >= 0.6 is 0 Å². The maximum Gasteiger partial charge on any atom is 0.244 e.